The van der Waals surface area contributed by atoms with Gasteiger partial charge in [-0.25, -0.2) is 0 Å². The van der Waals surface area contributed by atoms with E-state index >= 15 is 0 Å². The Morgan fingerprint density at radius 3 is 2.75 bits per heavy atom. The molecule has 1 aromatic carbocycles. The number of nitro benzene ring substituents is 1. The Bertz CT molecular complexity index is 519. The maximum absolute atomic E-state index is 12.0. The highest BCUT2D eigenvalue weighted by molar-refractivity contribution is 9.10. The third kappa shape index (κ3) is 4.28. The third-order valence-electron chi connectivity index (χ3n) is 2.95. The second-order valence-electron chi connectivity index (χ2n) is 4.60. The molecule has 0 aromatic heterocycles. The van der Waals surface area contributed by atoms with Crippen LogP contribution in [0.5, 0.6) is 0 Å². The molecule has 0 aliphatic heterocycles. The van der Waals surface area contributed by atoms with Crippen molar-refractivity contribution in [3.05, 3.63) is 37.8 Å². The molecule has 0 saturated heterocycles. The van der Waals surface area contributed by atoms with Crippen LogP contribution in [0.3, 0.4) is 0 Å². The summed E-state index contributed by atoms with van der Waals surface area (Å²) in [6.45, 7) is 3.51. The number of nitro groups is 1. The second-order valence-corrected chi connectivity index (χ2v) is 5.45. The molecule has 20 heavy (non-hydrogen) atoms. The first-order chi connectivity index (χ1) is 9.36. The average Bonchev–Trinajstić information content (AvgIpc) is 2.38. The van der Waals surface area contributed by atoms with E-state index in [4.69, 9.17) is 5.11 Å². The second kappa shape index (κ2) is 7.35. The largest absolute Gasteiger partial charge is 0.396 e. The number of nitrogens with zero attached hydrogens (tertiary/aromatic N) is 1. The van der Waals surface area contributed by atoms with Crippen molar-refractivity contribution in [1.82, 2.24) is 5.32 Å². The molecule has 1 aromatic rings. The summed E-state index contributed by atoms with van der Waals surface area (Å²) in [6, 6.07) is 2.73. The molecule has 1 amide bonds. The first kappa shape index (κ1) is 16.6. The fourth-order valence-corrected chi connectivity index (χ4v) is 2.21. The Balaban J connectivity index is 2.91. The molecular formula is C13H17BrN2O4. The molecule has 2 N–H and O–H groups in total. The van der Waals surface area contributed by atoms with Gasteiger partial charge in [0.15, 0.2) is 0 Å². The zero-order valence-corrected chi connectivity index (χ0v) is 12.9. The molecule has 0 fully saturated rings. The number of carbonyl (C=O) groups excluding carboxylic acids is 1. The van der Waals surface area contributed by atoms with Gasteiger partial charge in [0.1, 0.15) is 0 Å². The van der Waals surface area contributed by atoms with Crippen LogP contribution in [-0.4, -0.2) is 28.6 Å². The molecular weight excluding hydrogens is 328 g/mol. The van der Waals surface area contributed by atoms with E-state index in [1.54, 1.807) is 13.0 Å². The number of hydrogen-bond acceptors (Lipinski definition) is 4. The van der Waals surface area contributed by atoms with Gasteiger partial charge in [-0.2, -0.15) is 0 Å². The molecule has 0 saturated carbocycles. The third-order valence-corrected chi connectivity index (χ3v) is 3.77. The number of aliphatic hydroxyl groups excluding tert-OH is 1. The topological polar surface area (TPSA) is 92.5 Å². The monoisotopic (exact) mass is 344 g/mol. The lowest BCUT2D eigenvalue weighted by Crippen LogP contribution is -2.32. The lowest BCUT2D eigenvalue weighted by atomic mass is 10.1. The Kier molecular flexibility index (Phi) is 6.09. The molecule has 0 aliphatic rings. The van der Waals surface area contributed by atoms with E-state index in [2.05, 4.69) is 21.2 Å². The van der Waals surface area contributed by atoms with Crippen LogP contribution in [-0.2, 0) is 0 Å². The molecule has 0 radical (unpaired) electrons. The fraction of sp³-hybridized carbons (Fsp3) is 0.462. The quantitative estimate of drug-likeness (QED) is 0.612. The van der Waals surface area contributed by atoms with Crippen LogP contribution in [0.15, 0.2) is 16.6 Å². The van der Waals surface area contributed by atoms with Gasteiger partial charge in [-0.15, -0.1) is 0 Å². The van der Waals surface area contributed by atoms with E-state index in [1.807, 2.05) is 6.92 Å². The van der Waals surface area contributed by atoms with E-state index < -0.39 is 4.92 Å². The van der Waals surface area contributed by atoms with Crippen LogP contribution >= 0.6 is 15.9 Å². The minimum absolute atomic E-state index is 0.0712. The van der Waals surface area contributed by atoms with Crippen LogP contribution in [0.1, 0.15) is 35.7 Å². The van der Waals surface area contributed by atoms with Crippen molar-refractivity contribution in [3.63, 3.8) is 0 Å². The minimum atomic E-state index is -0.508. The minimum Gasteiger partial charge on any atom is -0.396 e. The van der Waals surface area contributed by atoms with Crippen molar-refractivity contribution < 1.29 is 14.8 Å². The lowest BCUT2D eigenvalue weighted by Gasteiger charge is -2.13. The van der Waals surface area contributed by atoms with Crippen molar-refractivity contribution in [2.24, 2.45) is 0 Å². The number of aliphatic hydroxyl groups is 1. The van der Waals surface area contributed by atoms with E-state index in [9.17, 15) is 14.9 Å². The first-order valence-electron chi connectivity index (χ1n) is 6.23. The van der Waals surface area contributed by atoms with Crippen LogP contribution in [0.25, 0.3) is 0 Å². The summed E-state index contributed by atoms with van der Waals surface area (Å²) in [6.07, 6.45) is 1.25. The van der Waals surface area contributed by atoms with Gasteiger partial charge in [-0.1, -0.05) is 15.9 Å². The summed E-state index contributed by atoms with van der Waals surface area (Å²) in [5.41, 5.74) is 0.637. The predicted molar refractivity (Wildman–Crippen MR) is 78.8 cm³/mol. The van der Waals surface area contributed by atoms with Gasteiger partial charge in [-0.3, -0.25) is 14.9 Å². The number of nitrogens with one attached hydrogen (secondary N) is 1. The fourth-order valence-electron chi connectivity index (χ4n) is 1.76. The molecule has 0 aliphatic carbocycles. The van der Waals surface area contributed by atoms with E-state index in [0.717, 1.165) is 0 Å². The summed E-state index contributed by atoms with van der Waals surface area (Å²) in [5.74, 6) is -0.362. The Morgan fingerprint density at radius 2 is 2.20 bits per heavy atom. The number of halogens is 1. The van der Waals surface area contributed by atoms with Gasteiger partial charge in [0.2, 0.25) is 0 Å². The predicted octanol–water partition coefficient (Wildman–Crippen LogP) is 2.56. The summed E-state index contributed by atoms with van der Waals surface area (Å²) in [4.78, 5) is 22.5. The Hall–Kier alpha value is -1.47. The maximum Gasteiger partial charge on any atom is 0.274 e. The van der Waals surface area contributed by atoms with E-state index in [1.165, 1.54) is 6.07 Å². The number of rotatable bonds is 6. The standard InChI is InChI=1S/C13H17BrN2O4/c1-8(4-3-5-17)15-13(18)10-6-11(14)9(2)12(7-10)16(19)20/h6-8,17H,3-5H2,1-2H3,(H,15,18). The molecule has 6 nitrogen and oxygen atoms in total. The van der Waals surface area contributed by atoms with E-state index in [0.29, 0.717) is 22.9 Å². The smallest absolute Gasteiger partial charge is 0.274 e. The normalized spacial score (nSPS) is 12.0. The number of amides is 1. The SMILES string of the molecule is Cc1c(Br)cc(C(=O)NC(C)CCCO)cc1[N+](=O)[O-]. The summed E-state index contributed by atoms with van der Waals surface area (Å²) in [5, 5.41) is 22.4. The first-order valence-corrected chi connectivity index (χ1v) is 7.02. The van der Waals surface area contributed by atoms with Gasteiger partial charge in [-0.05, 0) is 32.8 Å². The number of hydrogen-bond donors (Lipinski definition) is 2. The van der Waals surface area contributed by atoms with Crippen molar-refractivity contribution in [2.75, 3.05) is 6.61 Å². The summed E-state index contributed by atoms with van der Waals surface area (Å²) in [7, 11) is 0. The molecule has 1 atom stereocenters. The maximum atomic E-state index is 12.0. The zero-order chi connectivity index (χ0) is 15.3. The van der Waals surface area contributed by atoms with Crippen LogP contribution < -0.4 is 5.32 Å². The molecule has 0 bridgehead atoms. The molecule has 1 unspecified atom stereocenters. The van der Waals surface area contributed by atoms with Crippen molar-refractivity contribution in [2.45, 2.75) is 32.7 Å². The average molecular weight is 345 g/mol. The van der Waals surface area contributed by atoms with Crippen LogP contribution in [0, 0.1) is 17.0 Å². The van der Waals surface area contributed by atoms with Crippen LogP contribution in [0.2, 0.25) is 0 Å². The van der Waals surface area contributed by atoms with Crippen molar-refractivity contribution in [1.29, 1.82) is 0 Å². The van der Waals surface area contributed by atoms with Gasteiger partial charge in [0.25, 0.3) is 11.6 Å². The lowest BCUT2D eigenvalue weighted by molar-refractivity contribution is -0.385. The molecule has 1 rings (SSSR count). The molecule has 0 spiro atoms. The molecule has 7 heteroatoms. The number of benzene rings is 1. The Morgan fingerprint density at radius 1 is 1.55 bits per heavy atom. The van der Waals surface area contributed by atoms with Gasteiger partial charge in [0, 0.05) is 34.3 Å². The van der Waals surface area contributed by atoms with Crippen LogP contribution in [0.4, 0.5) is 5.69 Å². The summed E-state index contributed by atoms with van der Waals surface area (Å²) < 4.78 is 0.528. The molecule has 0 heterocycles. The highest BCUT2D eigenvalue weighted by atomic mass is 79.9. The number of carbonyl (C=O) groups is 1. The van der Waals surface area contributed by atoms with E-state index in [-0.39, 0.29) is 29.8 Å². The van der Waals surface area contributed by atoms with Crippen molar-refractivity contribution >= 4 is 27.5 Å². The van der Waals surface area contributed by atoms with Crippen molar-refractivity contribution in [3.8, 4) is 0 Å². The van der Waals surface area contributed by atoms with Gasteiger partial charge >= 0.3 is 0 Å². The van der Waals surface area contributed by atoms with Gasteiger partial charge < -0.3 is 10.4 Å². The molecule has 110 valence electrons. The summed E-state index contributed by atoms with van der Waals surface area (Å²) >= 11 is 3.22. The zero-order valence-electron chi connectivity index (χ0n) is 11.4. The van der Waals surface area contributed by atoms with Gasteiger partial charge in [0.05, 0.1) is 4.92 Å². The highest BCUT2D eigenvalue weighted by Gasteiger charge is 2.19. The Labute approximate surface area is 125 Å². The highest BCUT2D eigenvalue weighted by Crippen LogP contribution is 2.27.